The molecule has 1 aromatic carbocycles. The number of aryl methyl sites for hydroxylation is 1. The van der Waals surface area contributed by atoms with Crippen LogP contribution in [0.3, 0.4) is 0 Å². The van der Waals surface area contributed by atoms with Crippen molar-refractivity contribution < 1.29 is 14.3 Å². The van der Waals surface area contributed by atoms with Crippen molar-refractivity contribution in [3.05, 3.63) is 23.8 Å². The SMILES string of the molecule is O=C(CCCc1ccc2c(c1)OCCCO2)NCCS. The molecule has 1 amide bonds. The third-order valence-corrected chi connectivity index (χ3v) is 3.34. The first-order chi connectivity index (χ1) is 9.79. The third kappa shape index (κ3) is 4.63. The predicted molar refractivity (Wildman–Crippen MR) is 81.8 cm³/mol. The van der Waals surface area contributed by atoms with Crippen molar-refractivity contribution >= 4 is 18.5 Å². The van der Waals surface area contributed by atoms with Gasteiger partial charge in [0, 0.05) is 25.1 Å². The van der Waals surface area contributed by atoms with Gasteiger partial charge < -0.3 is 14.8 Å². The molecule has 0 bridgehead atoms. The van der Waals surface area contributed by atoms with Crippen molar-refractivity contribution in [2.24, 2.45) is 0 Å². The second kappa shape index (κ2) is 8.04. The van der Waals surface area contributed by atoms with Crippen molar-refractivity contribution in [3.8, 4) is 11.5 Å². The molecule has 1 aliphatic heterocycles. The van der Waals surface area contributed by atoms with Gasteiger partial charge in [0.25, 0.3) is 0 Å². The molecule has 0 radical (unpaired) electrons. The smallest absolute Gasteiger partial charge is 0.220 e. The average molecular weight is 295 g/mol. The number of nitrogens with one attached hydrogen (secondary N) is 1. The van der Waals surface area contributed by atoms with Crippen LogP contribution in [0.25, 0.3) is 0 Å². The summed E-state index contributed by atoms with van der Waals surface area (Å²) in [5.41, 5.74) is 1.18. The molecule has 1 aliphatic rings. The molecule has 2 rings (SSSR count). The van der Waals surface area contributed by atoms with Gasteiger partial charge in [-0.15, -0.1) is 0 Å². The van der Waals surface area contributed by atoms with Crippen molar-refractivity contribution in [1.29, 1.82) is 0 Å². The quantitative estimate of drug-likeness (QED) is 0.791. The average Bonchev–Trinajstić information content (AvgIpc) is 2.70. The fraction of sp³-hybridized carbons (Fsp3) is 0.533. The summed E-state index contributed by atoms with van der Waals surface area (Å²) in [6, 6.07) is 6.02. The van der Waals surface area contributed by atoms with Crippen molar-refractivity contribution in [3.63, 3.8) is 0 Å². The summed E-state index contributed by atoms with van der Waals surface area (Å²) in [5, 5.41) is 2.82. The number of thiol groups is 1. The van der Waals surface area contributed by atoms with E-state index in [9.17, 15) is 4.79 Å². The second-order valence-electron chi connectivity index (χ2n) is 4.76. The summed E-state index contributed by atoms with van der Waals surface area (Å²) in [5.74, 6) is 2.40. The molecule has 0 spiro atoms. The molecular weight excluding hydrogens is 274 g/mol. The lowest BCUT2D eigenvalue weighted by Gasteiger charge is -2.09. The molecule has 0 saturated heterocycles. The summed E-state index contributed by atoms with van der Waals surface area (Å²) in [7, 11) is 0. The number of carbonyl (C=O) groups is 1. The highest BCUT2D eigenvalue weighted by atomic mass is 32.1. The van der Waals surface area contributed by atoms with Gasteiger partial charge in [0.2, 0.25) is 5.91 Å². The van der Waals surface area contributed by atoms with Gasteiger partial charge in [-0.3, -0.25) is 4.79 Å². The number of fused-ring (bicyclic) bond motifs is 1. The largest absolute Gasteiger partial charge is 0.490 e. The van der Waals surface area contributed by atoms with Crippen LogP contribution in [-0.4, -0.2) is 31.4 Å². The monoisotopic (exact) mass is 295 g/mol. The van der Waals surface area contributed by atoms with Gasteiger partial charge in [-0.1, -0.05) is 6.07 Å². The standard InChI is InChI=1S/C15H21NO3S/c17-15(16-7-10-20)4-1-3-12-5-6-13-14(11-12)19-9-2-8-18-13/h5-6,11,20H,1-4,7-10H2,(H,16,17). The van der Waals surface area contributed by atoms with E-state index in [2.05, 4.69) is 17.9 Å². The molecule has 110 valence electrons. The maximum Gasteiger partial charge on any atom is 0.220 e. The van der Waals surface area contributed by atoms with E-state index in [0.717, 1.165) is 30.8 Å². The lowest BCUT2D eigenvalue weighted by Crippen LogP contribution is -2.24. The van der Waals surface area contributed by atoms with E-state index in [1.54, 1.807) is 0 Å². The van der Waals surface area contributed by atoms with Crippen LogP contribution < -0.4 is 14.8 Å². The molecule has 0 aromatic heterocycles. The van der Waals surface area contributed by atoms with Gasteiger partial charge in [0.1, 0.15) is 0 Å². The molecule has 1 heterocycles. The number of ether oxygens (including phenoxy) is 2. The summed E-state index contributed by atoms with van der Waals surface area (Å²) >= 11 is 4.06. The predicted octanol–water partition coefficient (Wildman–Crippen LogP) is 2.22. The van der Waals surface area contributed by atoms with E-state index < -0.39 is 0 Å². The fourth-order valence-corrected chi connectivity index (χ4v) is 2.21. The number of benzene rings is 1. The highest BCUT2D eigenvalue weighted by Crippen LogP contribution is 2.30. The zero-order chi connectivity index (χ0) is 14.2. The molecule has 0 fully saturated rings. The van der Waals surface area contributed by atoms with Gasteiger partial charge in [0.05, 0.1) is 13.2 Å². The molecule has 0 saturated carbocycles. The van der Waals surface area contributed by atoms with E-state index in [1.807, 2.05) is 18.2 Å². The molecule has 0 atom stereocenters. The molecule has 1 N–H and O–H groups in total. The highest BCUT2D eigenvalue weighted by molar-refractivity contribution is 7.80. The molecular formula is C15H21NO3S. The Morgan fingerprint density at radius 3 is 2.85 bits per heavy atom. The van der Waals surface area contributed by atoms with Crippen LogP contribution in [0.4, 0.5) is 0 Å². The molecule has 4 nitrogen and oxygen atoms in total. The highest BCUT2D eigenvalue weighted by Gasteiger charge is 2.10. The van der Waals surface area contributed by atoms with Crippen molar-refractivity contribution in [2.75, 3.05) is 25.5 Å². The lowest BCUT2D eigenvalue weighted by atomic mass is 10.1. The minimum Gasteiger partial charge on any atom is -0.490 e. The Balaban J connectivity index is 1.81. The first-order valence-corrected chi connectivity index (χ1v) is 7.69. The van der Waals surface area contributed by atoms with E-state index >= 15 is 0 Å². The van der Waals surface area contributed by atoms with Crippen LogP contribution in [-0.2, 0) is 11.2 Å². The summed E-state index contributed by atoms with van der Waals surface area (Å²) in [6.07, 6.45) is 3.15. The maximum absolute atomic E-state index is 11.5. The zero-order valence-electron chi connectivity index (χ0n) is 11.6. The third-order valence-electron chi connectivity index (χ3n) is 3.12. The van der Waals surface area contributed by atoms with Gasteiger partial charge >= 0.3 is 0 Å². The van der Waals surface area contributed by atoms with Crippen LogP contribution in [0.5, 0.6) is 11.5 Å². The Morgan fingerprint density at radius 1 is 1.25 bits per heavy atom. The van der Waals surface area contributed by atoms with Crippen LogP contribution in [0.15, 0.2) is 18.2 Å². The minimum atomic E-state index is 0.0911. The first kappa shape index (κ1) is 15.0. The number of carbonyl (C=O) groups excluding carboxylic acids is 1. The Hall–Kier alpha value is -1.36. The van der Waals surface area contributed by atoms with E-state index in [0.29, 0.717) is 31.9 Å². The van der Waals surface area contributed by atoms with Crippen LogP contribution in [0.2, 0.25) is 0 Å². The fourth-order valence-electron chi connectivity index (χ4n) is 2.10. The van der Waals surface area contributed by atoms with E-state index in [-0.39, 0.29) is 5.91 Å². The van der Waals surface area contributed by atoms with Crippen molar-refractivity contribution in [2.45, 2.75) is 25.7 Å². The van der Waals surface area contributed by atoms with Gasteiger partial charge in [-0.2, -0.15) is 12.6 Å². The van der Waals surface area contributed by atoms with Crippen LogP contribution in [0, 0.1) is 0 Å². The number of hydrogen-bond acceptors (Lipinski definition) is 4. The van der Waals surface area contributed by atoms with Gasteiger partial charge in [0.15, 0.2) is 11.5 Å². The van der Waals surface area contributed by atoms with Gasteiger partial charge in [-0.05, 0) is 30.5 Å². The van der Waals surface area contributed by atoms with Crippen LogP contribution in [0.1, 0.15) is 24.8 Å². The normalized spacial score (nSPS) is 13.7. The van der Waals surface area contributed by atoms with Crippen LogP contribution >= 0.6 is 12.6 Å². The molecule has 1 aromatic rings. The Bertz CT molecular complexity index is 451. The molecule has 5 heteroatoms. The second-order valence-corrected chi connectivity index (χ2v) is 5.21. The van der Waals surface area contributed by atoms with Crippen molar-refractivity contribution in [1.82, 2.24) is 5.32 Å². The summed E-state index contributed by atoms with van der Waals surface area (Å²) in [4.78, 5) is 11.5. The lowest BCUT2D eigenvalue weighted by molar-refractivity contribution is -0.121. The molecule has 0 aliphatic carbocycles. The van der Waals surface area contributed by atoms with Gasteiger partial charge in [-0.25, -0.2) is 0 Å². The topological polar surface area (TPSA) is 47.6 Å². The summed E-state index contributed by atoms with van der Waals surface area (Å²) < 4.78 is 11.3. The Labute approximate surface area is 125 Å². The van der Waals surface area contributed by atoms with E-state index in [4.69, 9.17) is 9.47 Å². The first-order valence-electron chi connectivity index (χ1n) is 7.05. The Morgan fingerprint density at radius 2 is 2.05 bits per heavy atom. The van der Waals surface area contributed by atoms with E-state index in [1.165, 1.54) is 5.56 Å². The Kier molecular flexibility index (Phi) is 6.05. The number of hydrogen-bond donors (Lipinski definition) is 2. The number of amides is 1. The molecule has 20 heavy (non-hydrogen) atoms. The number of rotatable bonds is 6. The maximum atomic E-state index is 11.5. The minimum absolute atomic E-state index is 0.0911. The summed E-state index contributed by atoms with van der Waals surface area (Å²) in [6.45, 7) is 2.03. The molecule has 0 unspecified atom stereocenters. The zero-order valence-corrected chi connectivity index (χ0v) is 12.5.